The van der Waals surface area contributed by atoms with Gasteiger partial charge in [-0.2, -0.15) is 0 Å². The molecular weight excluding hydrogens is 232 g/mol. The first-order valence-electron chi connectivity index (χ1n) is 8.48. The normalized spacial score (nSPS) is 45.3. The van der Waals surface area contributed by atoms with E-state index in [9.17, 15) is 0 Å². The van der Waals surface area contributed by atoms with Crippen LogP contribution in [0.2, 0.25) is 0 Å². The molecule has 0 radical (unpaired) electrons. The molecule has 112 valence electrons. The van der Waals surface area contributed by atoms with Crippen LogP contribution in [0.25, 0.3) is 0 Å². The quantitative estimate of drug-likeness (QED) is 0.838. The maximum Gasteiger partial charge on any atom is 0.0278 e. The van der Waals surface area contributed by atoms with Crippen LogP contribution >= 0.6 is 0 Å². The Morgan fingerprint density at radius 2 is 1.74 bits per heavy atom. The second kappa shape index (κ2) is 6.13. The van der Waals surface area contributed by atoms with Crippen LogP contribution in [0.1, 0.15) is 66.7 Å². The van der Waals surface area contributed by atoms with Gasteiger partial charge in [-0.25, -0.2) is 0 Å². The standard InChI is InChI=1S/C17H34N2/c1-6-15-11-18-17(5,7-2)12-19(15)16-9-13(3)8-14(4)10-16/h13-16,18H,6-12H2,1-5H3. The molecule has 1 aliphatic heterocycles. The monoisotopic (exact) mass is 266 g/mol. The van der Waals surface area contributed by atoms with Crippen LogP contribution in [0, 0.1) is 11.8 Å². The van der Waals surface area contributed by atoms with Crippen LogP contribution < -0.4 is 5.32 Å². The molecule has 2 aliphatic rings. The SMILES string of the molecule is CCC1CNC(C)(CC)CN1C1CC(C)CC(C)C1. The molecule has 0 aromatic heterocycles. The minimum absolute atomic E-state index is 0.329. The van der Waals surface area contributed by atoms with Gasteiger partial charge in [-0.05, 0) is 50.9 Å². The average Bonchev–Trinajstić information content (AvgIpc) is 2.37. The highest BCUT2D eigenvalue weighted by Gasteiger charge is 2.39. The summed E-state index contributed by atoms with van der Waals surface area (Å²) in [4.78, 5) is 2.87. The number of hydrogen-bond acceptors (Lipinski definition) is 2. The van der Waals surface area contributed by atoms with Crippen molar-refractivity contribution in [1.29, 1.82) is 0 Å². The Hall–Kier alpha value is -0.0800. The van der Waals surface area contributed by atoms with E-state index in [2.05, 4.69) is 44.8 Å². The molecule has 19 heavy (non-hydrogen) atoms. The third-order valence-electron chi connectivity index (χ3n) is 5.64. The minimum atomic E-state index is 0.329. The third-order valence-corrected chi connectivity index (χ3v) is 5.64. The number of rotatable bonds is 3. The van der Waals surface area contributed by atoms with Crippen LogP contribution in [0.3, 0.4) is 0 Å². The lowest BCUT2D eigenvalue weighted by molar-refractivity contribution is 0.0119. The first-order chi connectivity index (χ1) is 8.97. The second-order valence-electron chi connectivity index (χ2n) is 7.60. The molecule has 2 rings (SSSR count). The molecule has 1 saturated carbocycles. The summed E-state index contributed by atoms with van der Waals surface area (Å²) >= 11 is 0. The van der Waals surface area contributed by atoms with Gasteiger partial charge in [0.25, 0.3) is 0 Å². The number of hydrogen-bond donors (Lipinski definition) is 1. The molecule has 2 fully saturated rings. The highest BCUT2D eigenvalue weighted by atomic mass is 15.3. The zero-order valence-corrected chi connectivity index (χ0v) is 13.7. The van der Waals surface area contributed by atoms with Gasteiger partial charge >= 0.3 is 0 Å². The van der Waals surface area contributed by atoms with Gasteiger partial charge in [0.05, 0.1) is 0 Å². The van der Waals surface area contributed by atoms with Gasteiger partial charge in [-0.15, -0.1) is 0 Å². The lowest BCUT2D eigenvalue weighted by Crippen LogP contribution is -2.65. The summed E-state index contributed by atoms with van der Waals surface area (Å²) in [5.74, 6) is 1.82. The maximum atomic E-state index is 3.80. The van der Waals surface area contributed by atoms with Gasteiger partial charge in [0.2, 0.25) is 0 Å². The van der Waals surface area contributed by atoms with E-state index in [-0.39, 0.29) is 0 Å². The van der Waals surface area contributed by atoms with Gasteiger partial charge in [-0.3, -0.25) is 4.90 Å². The second-order valence-corrected chi connectivity index (χ2v) is 7.60. The fourth-order valence-electron chi connectivity index (χ4n) is 4.29. The third kappa shape index (κ3) is 3.52. The van der Waals surface area contributed by atoms with E-state index in [1.54, 1.807) is 0 Å². The molecule has 0 aromatic rings. The first kappa shape index (κ1) is 15.3. The zero-order chi connectivity index (χ0) is 14.0. The van der Waals surface area contributed by atoms with E-state index in [0.29, 0.717) is 5.54 Å². The highest BCUT2D eigenvalue weighted by molar-refractivity contribution is 4.97. The van der Waals surface area contributed by atoms with Gasteiger partial charge in [0.15, 0.2) is 0 Å². The Bertz CT molecular complexity index is 281. The largest absolute Gasteiger partial charge is 0.309 e. The topological polar surface area (TPSA) is 15.3 Å². The molecule has 0 amide bonds. The van der Waals surface area contributed by atoms with Crippen molar-refractivity contribution >= 4 is 0 Å². The van der Waals surface area contributed by atoms with Crippen molar-refractivity contribution in [3.05, 3.63) is 0 Å². The van der Waals surface area contributed by atoms with E-state index in [1.807, 2.05) is 0 Å². The fraction of sp³-hybridized carbons (Fsp3) is 1.00. The van der Waals surface area contributed by atoms with E-state index in [4.69, 9.17) is 0 Å². The zero-order valence-electron chi connectivity index (χ0n) is 13.7. The molecule has 1 heterocycles. The van der Waals surface area contributed by atoms with Gasteiger partial charge in [0.1, 0.15) is 0 Å². The van der Waals surface area contributed by atoms with Crippen molar-refractivity contribution in [3.8, 4) is 0 Å². The maximum absolute atomic E-state index is 3.80. The summed E-state index contributed by atoms with van der Waals surface area (Å²) in [5.41, 5.74) is 0.329. The summed E-state index contributed by atoms with van der Waals surface area (Å²) in [7, 11) is 0. The summed E-state index contributed by atoms with van der Waals surface area (Å²) in [5, 5.41) is 3.80. The van der Waals surface area contributed by atoms with Crippen molar-refractivity contribution in [2.45, 2.75) is 84.3 Å². The Balaban J connectivity index is 2.09. The van der Waals surface area contributed by atoms with E-state index >= 15 is 0 Å². The molecule has 1 saturated heterocycles. The summed E-state index contributed by atoms with van der Waals surface area (Å²) in [6, 6.07) is 1.58. The van der Waals surface area contributed by atoms with Gasteiger partial charge < -0.3 is 5.32 Å². The molecule has 1 aliphatic carbocycles. The van der Waals surface area contributed by atoms with Crippen molar-refractivity contribution in [2.24, 2.45) is 11.8 Å². The van der Waals surface area contributed by atoms with Crippen LogP contribution in [0.4, 0.5) is 0 Å². The lowest BCUT2D eigenvalue weighted by atomic mass is 9.78. The number of nitrogens with zero attached hydrogens (tertiary/aromatic N) is 1. The summed E-state index contributed by atoms with van der Waals surface area (Å²) in [6.45, 7) is 14.4. The smallest absolute Gasteiger partial charge is 0.0278 e. The molecule has 0 spiro atoms. The van der Waals surface area contributed by atoms with E-state index < -0.39 is 0 Å². The number of piperazine rings is 1. The van der Waals surface area contributed by atoms with Crippen molar-refractivity contribution < 1.29 is 0 Å². The van der Waals surface area contributed by atoms with Gasteiger partial charge in [-0.1, -0.05) is 27.7 Å². The predicted octanol–water partition coefficient (Wildman–Crippen LogP) is 3.66. The first-order valence-corrected chi connectivity index (χ1v) is 8.48. The minimum Gasteiger partial charge on any atom is -0.309 e. The van der Waals surface area contributed by atoms with Crippen molar-refractivity contribution in [3.63, 3.8) is 0 Å². The molecule has 2 nitrogen and oxygen atoms in total. The van der Waals surface area contributed by atoms with Gasteiger partial charge in [0, 0.05) is 30.7 Å². The molecule has 4 atom stereocenters. The van der Waals surface area contributed by atoms with Crippen LogP contribution in [0.15, 0.2) is 0 Å². The summed E-state index contributed by atoms with van der Waals surface area (Å²) < 4.78 is 0. The summed E-state index contributed by atoms with van der Waals surface area (Å²) in [6.07, 6.45) is 6.79. The van der Waals surface area contributed by atoms with Crippen LogP contribution in [-0.4, -0.2) is 35.6 Å². The van der Waals surface area contributed by atoms with E-state index in [0.717, 1.165) is 23.9 Å². The Morgan fingerprint density at radius 1 is 1.11 bits per heavy atom. The molecular formula is C17H34N2. The Morgan fingerprint density at radius 3 is 2.26 bits per heavy atom. The fourth-order valence-corrected chi connectivity index (χ4v) is 4.29. The molecule has 0 aromatic carbocycles. The number of nitrogens with one attached hydrogen (secondary N) is 1. The average molecular weight is 266 g/mol. The molecule has 2 heteroatoms. The Labute approximate surface area is 120 Å². The molecule has 0 bridgehead atoms. The van der Waals surface area contributed by atoms with Crippen molar-refractivity contribution in [1.82, 2.24) is 10.2 Å². The lowest BCUT2D eigenvalue weighted by Gasteiger charge is -2.51. The van der Waals surface area contributed by atoms with E-state index in [1.165, 1.54) is 45.2 Å². The van der Waals surface area contributed by atoms with Crippen LogP contribution in [-0.2, 0) is 0 Å². The van der Waals surface area contributed by atoms with Crippen molar-refractivity contribution in [2.75, 3.05) is 13.1 Å². The Kier molecular flexibility index (Phi) is 4.94. The predicted molar refractivity (Wildman–Crippen MR) is 83.5 cm³/mol. The molecule has 4 unspecified atom stereocenters. The molecule has 1 N–H and O–H groups in total. The van der Waals surface area contributed by atoms with Crippen LogP contribution in [0.5, 0.6) is 0 Å². The highest BCUT2D eigenvalue weighted by Crippen LogP contribution is 2.34.